The van der Waals surface area contributed by atoms with Crippen LogP contribution in [-0.4, -0.2) is 12.6 Å². The van der Waals surface area contributed by atoms with Crippen LogP contribution in [-0.2, 0) is 11.2 Å². The van der Waals surface area contributed by atoms with Crippen LogP contribution in [0, 0.1) is 14.9 Å². The van der Waals surface area contributed by atoms with Gasteiger partial charge in [0.25, 0.3) is 0 Å². The highest BCUT2D eigenvalue weighted by Crippen LogP contribution is 2.16. The number of nitriles is 1. The third-order valence-electron chi connectivity index (χ3n) is 2.06. The lowest BCUT2D eigenvalue weighted by molar-refractivity contribution is 0.0526. The SMILES string of the molecule is CCOC(=O)c1ccc(I)c(CCC#N)c1. The topological polar surface area (TPSA) is 50.1 Å². The van der Waals surface area contributed by atoms with Gasteiger partial charge in [0.2, 0.25) is 0 Å². The summed E-state index contributed by atoms with van der Waals surface area (Å²) in [5.74, 6) is -0.308. The standard InChI is InChI=1S/C12H12INO2/c1-2-16-12(15)10-5-6-11(13)9(8-10)4-3-7-14/h5-6,8H,2-4H2,1H3. The van der Waals surface area contributed by atoms with Crippen LogP contribution in [0.1, 0.15) is 29.3 Å². The summed E-state index contributed by atoms with van der Waals surface area (Å²) in [5, 5.41) is 8.54. The van der Waals surface area contributed by atoms with Crippen molar-refractivity contribution >= 4 is 28.6 Å². The molecule has 0 amide bonds. The Hall–Kier alpha value is -1.09. The lowest BCUT2D eigenvalue weighted by atomic mass is 10.1. The zero-order chi connectivity index (χ0) is 12.0. The molecule has 84 valence electrons. The molecule has 0 aliphatic rings. The van der Waals surface area contributed by atoms with Crippen LogP contribution in [0.4, 0.5) is 0 Å². The average molecular weight is 329 g/mol. The van der Waals surface area contributed by atoms with E-state index in [9.17, 15) is 4.79 Å². The van der Waals surface area contributed by atoms with Crippen LogP contribution in [0.15, 0.2) is 18.2 Å². The van der Waals surface area contributed by atoms with Gasteiger partial charge in [-0.15, -0.1) is 0 Å². The molecule has 1 aromatic carbocycles. The molecule has 1 aromatic rings. The minimum Gasteiger partial charge on any atom is -0.462 e. The molecule has 0 heterocycles. The molecular formula is C12H12INO2. The molecule has 0 bridgehead atoms. The number of ether oxygens (including phenoxy) is 1. The molecule has 0 unspecified atom stereocenters. The van der Waals surface area contributed by atoms with Gasteiger partial charge < -0.3 is 4.74 Å². The number of hydrogen-bond donors (Lipinski definition) is 0. The summed E-state index contributed by atoms with van der Waals surface area (Å²) < 4.78 is 5.99. The molecule has 0 fully saturated rings. The molecule has 0 saturated carbocycles. The van der Waals surface area contributed by atoms with E-state index in [0.29, 0.717) is 25.0 Å². The Morgan fingerprint density at radius 1 is 1.56 bits per heavy atom. The van der Waals surface area contributed by atoms with Gasteiger partial charge in [-0.3, -0.25) is 0 Å². The van der Waals surface area contributed by atoms with Gasteiger partial charge in [-0.05, 0) is 59.7 Å². The monoisotopic (exact) mass is 329 g/mol. The smallest absolute Gasteiger partial charge is 0.338 e. The summed E-state index contributed by atoms with van der Waals surface area (Å²) in [5.41, 5.74) is 1.57. The predicted octanol–water partition coefficient (Wildman–Crippen LogP) is 2.92. The largest absolute Gasteiger partial charge is 0.462 e. The lowest BCUT2D eigenvalue weighted by Gasteiger charge is -2.06. The molecule has 0 atom stereocenters. The number of aryl methyl sites for hydroxylation is 1. The Morgan fingerprint density at radius 2 is 2.31 bits per heavy atom. The molecule has 3 nitrogen and oxygen atoms in total. The van der Waals surface area contributed by atoms with Gasteiger partial charge in [0, 0.05) is 9.99 Å². The first-order valence-electron chi connectivity index (χ1n) is 5.01. The number of carbonyl (C=O) groups excluding carboxylic acids is 1. The first-order valence-corrected chi connectivity index (χ1v) is 6.09. The van der Waals surface area contributed by atoms with E-state index in [1.807, 2.05) is 6.07 Å². The van der Waals surface area contributed by atoms with Crippen molar-refractivity contribution < 1.29 is 9.53 Å². The van der Waals surface area contributed by atoms with E-state index in [1.54, 1.807) is 19.1 Å². The fourth-order valence-electron chi connectivity index (χ4n) is 1.30. The van der Waals surface area contributed by atoms with Crippen LogP contribution in [0.2, 0.25) is 0 Å². The van der Waals surface area contributed by atoms with Gasteiger partial charge in [-0.25, -0.2) is 4.79 Å². The fourth-order valence-corrected chi connectivity index (χ4v) is 1.90. The third kappa shape index (κ3) is 3.49. The quantitative estimate of drug-likeness (QED) is 0.630. The number of rotatable bonds is 4. The summed E-state index contributed by atoms with van der Waals surface area (Å²) in [6, 6.07) is 7.52. The maximum Gasteiger partial charge on any atom is 0.338 e. The predicted molar refractivity (Wildman–Crippen MR) is 69.0 cm³/mol. The molecule has 0 N–H and O–H groups in total. The molecular weight excluding hydrogens is 317 g/mol. The molecule has 16 heavy (non-hydrogen) atoms. The zero-order valence-electron chi connectivity index (χ0n) is 9.00. The van der Waals surface area contributed by atoms with Crippen molar-refractivity contribution in [1.82, 2.24) is 0 Å². The maximum absolute atomic E-state index is 11.5. The third-order valence-corrected chi connectivity index (χ3v) is 3.12. The van der Waals surface area contributed by atoms with Crippen LogP contribution >= 0.6 is 22.6 Å². The van der Waals surface area contributed by atoms with E-state index in [4.69, 9.17) is 10.00 Å². The van der Waals surface area contributed by atoms with E-state index in [1.165, 1.54) is 0 Å². The number of benzene rings is 1. The van der Waals surface area contributed by atoms with Gasteiger partial charge in [0.15, 0.2) is 0 Å². The minimum atomic E-state index is -0.308. The summed E-state index contributed by atoms with van der Waals surface area (Å²) in [4.78, 5) is 11.5. The van der Waals surface area contributed by atoms with Crippen LogP contribution in [0.5, 0.6) is 0 Å². The first-order chi connectivity index (χ1) is 7.69. The van der Waals surface area contributed by atoms with Gasteiger partial charge in [0.1, 0.15) is 0 Å². The summed E-state index contributed by atoms with van der Waals surface area (Å²) in [6.07, 6.45) is 1.13. The lowest BCUT2D eigenvalue weighted by Crippen LogP contribution is -2.05. The van der Waals surface area contributed by atoms with Gasteiger partial charge >= 0.3 is 5.97 Å². The summed E-state index contributed by atoms with van der Waals surface area (Å²) >= 11 is 2.20. The van der Waals surface area contributed by atoms with Crippen molar-refractivity contribution in [2.24, 2.45) is 0 Å². The molecule has 4 heteroatoms. The number of halogens is 1. The number of nitrogens with zero attached hydrogens (tertiary/aromatic N) is 1. The number of hydrogen-bond acceptors (Lipinski definition) is 3. The summed E-state index contributed by atoms with van der Waals surface area (Å²) in [6.45, 7) is 2.15. The van der Waals surface area contributed by atoms with Crippen molar-refractivity contribution in [3.8, 4) is 6.07 Å². The van der Waals surface area contributed by atoms with Crippen molar-refractivity contribution in [2.75, 3.05) is 6.61 Å². The highest BCUT2D eigenvalue weighted by atomic mass is 127. The Labute approximate surface area is 109 Å². The van der Waals surface area contributed by atoms with E-state index in [0.717, 1.165) is 9.13 Å². The normalized spacial score (nSPS) is 9.56. The van der Waals surface area contributed by atoms with E-state index >= 15 is 0 Å². The second kappa shape index (κ2) is 6.48. The molecule has 0 radical (unpaired) electrons. The van der Waals surface area contributed by atoms with Crippen LogP contribution in [0.25, 0.3) is 0 Å². The molecule has 0 aliphatic heterocycles. The summed E-state index contributed by atoms with van der Waals surface area (Å²) in [7, 11) is 0. The fraction of sp³-hybridized carbons (Fsp3) is 0.333. The molecule has 0 aromatic heterocycles. The van der Waals surface area contributed by atoms with Gasteiger partial charge in [-0.1, -0.05) is 0 Å². The molecule has 0 spiro atoms. The molecule has 0 saturated heterocycles. The minimum absolute atomic E-state index is 0.308. The number of esters is 1. The van der Waals surface area contributed by atoms with Crippen molar-refractivity contribution in [3.63, 3.8) is 0 Å². The van der Waals surface area contributed by atoms with E-state index < -0.39 is 0 Å². The van der Waals surface area contributed by atoms with Gasteiger partial charge in [-0.2, -0.15) is 5.26 Å². The van der Waals surface area contributed by atoms with Crippen molar-refractivity contribution in [3.05, 3.63) is 32.9 Å². The molecule has 1 rings (SSSR count). The Morgan fingerprint density at radius 3 is 2.94 bits per heavy atom. The number of carbonyl (C=O) groups is 1. The average Bonchev–Trinajstić information content (AvgIpc) is 2.28. The highest BCUT2D eigenvalue weighted by Gasteiger charge is 2.09. The first kappa shape index (κ1) is 13.0. The van der Waals surface area contributed by atoms with Crippen LogP contribution < -0.4 is 0 Å². The Kier molecular flexibility index (Phi) is 5.26. The van der Waals surface area contributed by atoms with Crippen molar-refractivity contribution in [1.29, 1.82) is 5.26 Å². The second-order valence-electron chi connectivity index (χ2n) is 3.18. The Bertz CT molecular complexity index is 424. The molecule has 0 aliphatic carbocycles. The second-order valence-corrected chi connectivity index (χ2v) is 4.35. The van der Waals surface area contributed by atoms with E-state index in [-0.39, 0.29) is 5.97 Å². The van der Waals surface area contributed by atoms with Gasteiger partial charge in [0.05, 0.1) is 18.2 Å². The van der Waals surface area contributed by atoms with Crippen LogP contribution in [0.3, 0.4) is 0 Å². The van der Waals surface area contributed by atoms with Crippen molar-refractivity contribution in [2.45, 2.75) is 19.8 Å². The zero-order valence-corrected chi connectivity index (χ0v) is 11.2. The highest BCUT2D eigenvalue weighted by molar-refractivity contribution is 14.1. The van der Waals surface area contributed by atoms with E-state index in [2.05, 4.69) is 28.7 Å². The maximum atomic E-state index is 11.5. The Balaban J connectivity index is 2.89.